The fourth-order valence-electron chi connectivity index (χ4n) is 0.809. The van der Waals surface area contributed by atoms with E-state index in [1.807, 2.05) is 19.1 Å². The zero-order valence-corrected chi connectivity index (χ0v) is 8.03. The van der Waals surface area contributed by atoms with Gasteiger partial charge in [0, 0.05) is 12.4 Å². The van der Waals surface area contributed by atoms with Crippen LogP contribution in [0.3, 0.4) is 0 Å². The van der Waals surface area contributed by atoms with Crippen molar-refractivity contribution in [2.75, 3.05) is 0 Å². The number of hydrogen-bond acceptors (Lipinski definition) is 1. The van der Waals surface area contributed by atoms with E-state index >= 15 is 0 Å². The molecule has 1 nitrogen and oxygen atoms in total. The first kappa shape index (κ1) is 11.4. The van der Waals surface area contributed by atoms with Crippen LogP contribution in [0.5, 0.6) is 0 Å². The Morgan fingerprint density at radius 3 is 2.15 bits per heavy atom. The normalized spacial score (nSPS) is 13.0. The first-order chi connectivity index (χ1) is 6.26. The van der Waals surface area contributed by atoms with Gasteiger partial charge < -0.3 is 0 Å². The van der Waals surface area contributed by atoms with Crippen molar-refractivity contribution in [3.8, 4) is 0 Å². The van der Waals surface area contributed by atoms with Gasteiger partial charge in [0.25, 0.3) is 0 Å². The largest absolute Gasteiger partial charge is 0.265 e. The number of aliphatic imine (C=N–C) groups is 1. The van der Waals surface area contributed by atoms with Gasteiger partial charge in [-0.15, -0.1) is 0 Å². The van der Waals surface area contributed by atoms with Crippen LogP contribution in [0.4, 0.5) is 0 Å². The molecule has 0 aromatic rings. The van der Waals surface area contributed by atoms with Crippen molar-refractivity contribution >= 4 is 6.21 Å². The average molecular weight is 173 g/mol. The van der Waals surface area contributed by atoms with Crippen LogP contribution in [-0.4, -0.2) is 6.21 Å². The van der Waals surface area contributed by atoms with Gasteiger partial charge >= 0.3 is 0 Å². The predicted molar refractivity (Wildman–Crippen MR) is 60.9 cm³/mol. The van der Waals surface area contributed by atoms with Gasteiger partial charge in [0.05, 0.1) is 0 Å². The molecule has 0 aliphatic carbocycles. The molecule has 0 aromatic carbocycles. The van der Waals surface area contributed by atoms with Crippen LogP contribution < -0.4 is 0 Å². The summed E-state index contributed by atoms with van der Waals surface area (Å²) in [6.45, 7) is 12.8. The summed E-state index contributed by atoms with van der Waals surface area (Å²) < 4.78 is 0. The molecule has 0 saturated carbocycles. The number of rotatable bonds is 5. The lowest BCUT2D eigenvalue weighted by Gasteiger charge is -1.98. The van der Waals surface area contributed by atoms with Crippen LogP contribution in [0.1, 0.15) is 6.92 Å². The summed E-state index contributed by atoms with van der Waals surface area (Å²) in [7, 11) is 0. The lowest BCUT2D eigenvalue weighted by Crippen LogP contribution is -1.86. The van der Waals surface area contributed by atoms with Crippen LogP contribution in [0.25, 0.3) is 0 Å². The summed E-state index contributed by atoms with van der Waals surface area (Å²) in [5, 5.41) is 0. The molecule has 0 radical (unpaired) electrons. The smallest absolute Gasteiger partial charge is 0.0342 e. The summed E-state index contributed by atoms with van der Waals surface area (Å²) in [4.78, 5) is 3.94. The fraction of sp³-hybridized carbons (Fsp3) is 0.0833. The molecule has 1 heteroatoms. The molecular weight excluding hydrogens is 158 g/mol. The van der Waals surface area contributed by atoms with Crippen LogP contribution in [0, 0.1) is 0 Å². The highest BCUT2D eigenvalue weighted by Gasteiger charge is 1.92. The standard InChI is InChI=1S/C12H15N/c1-5-8-11(4)12(9-6-2)10-13-7-3/h5-10H,1-3H2,4H3/b11-8-,12-9-,13-10?. The molecule has 0 aliphatic rings. The highest BCUT2D eigenvalue weighted by molar-refractivity contribution is 5.85. The van der Waals surface area contributed by atoms with Crippen molar-refractivity contribution < 1.29 is 0 Å². The molecule has 0 unspecified atom stereocenters. The second-order valence-electron chi connectivity index (χ2n) is 2.40. The Bertz CT molecular complexity index is 277. The molecule has 68 valence electrons. The molecule has 13 heavy (non-hydrogen) atoms. The lowest BCUT2D eigenvalue weighted by molar-refractivity contribution is 1.46. The number of hydrogen-bond donors (Lipinski definition) is 0. The zero-order chi connectivity index (χ0) is 10.1. The maximum Gasteiger partial charge on any atom is 0.0342 e. The van der Waals surface area contributed by atoms with Crippen LogP contribution in [0.15, 0.2) is 66.4 Å². The summed E-state index contributed by atoms with van der Waals surface area (Å²) in [6.07, 6.45) is 10.5. The first-order valence-corrected chi connectivity index (χ1v) is 4.02. The Labute approximate surface area is 80.2 Å². The average Bonchev–Trinajstić information content (AvgIpc) is 2.12. The molecule has 0 fully saturated rings. The molecule has 0 rings (SSSR count). The van der Waals surface area contributed by atoms with Crippen molar-refractivity contribution in [1.29, 1.82) is 0 Å². The third-order valence-electron chi connectivity index (χ3n) is 1.44. The van der Waals surface area contributed by atoms with Gasteiger partial charge in [-0.1, -0.05) is 44.0 Å². The highest BCUT2D eigenvalue weighted by atomic mass is 14.7. The van der Waals surface area contributed by atoms with Crippen LogP contribution in [0.2, 0.25) is 0 Å². The predicted octanol–water partition coefficient (Wildman–Crippen LogP) is 3.45. The molecule has 0 atom stereocenters. The topological polar surface area (TPSA) is 12.4 Å². The molecule has 0 N–H and O–H groups in total. The maximum absolute atomic E-state index is 3.94. The third kappa shape index (κ3) is 4.75. The van der Waals surface area contributed by atoms with Crippen LogP contribution in [-0.2, 0) is 0 Å². The van der Waals surface area contributed by atoms with Gasteiger partial charge in [-0.05, 0) is 18.1 Å². The van der Waals surface area contributed by atoms with E-state index in [1.165, 1.54) is 6.20 Å². The highest BCUT2D eigenvalue weighted by Crippen LogP contribution is 2.07. The van der Waals surface area contributed by atoms with E-state index in [9.17, 15) is 0 Å². The fourth-order valence-corrected chi connectivity index (χ4v) is 0.809. The van der Waals surface area contributed by atoms with E-state index in [0.29, 0.717) is 0 Å². The summed E-state index contributed by atoms with van der Waals surface area (Å²) in [5.74, 6) is 0. The van der Waals surface area contributed by atoms with E-state index in [-0.39, 0.29) is 0 Å². The Hall–Kier alpha value is -1.63. The second-order valence-corrected chi connectivity index (χ2v) is 2.40. The SMILES string of the molecule is C=C/C=C(C)\C(C=NC=C)=C/C=C. The van der Waals surface area contributed by atoms with Gasteiger partial charge in [-0.2, -0.15) is 0 Å². The minimum Gasteiger partial charge on any atom is -0.265 e. The molecule has 0 aromatic heterocycles. The number of allylic oxidation sites excluding steroid dienone is 6. The van der Waals surface area contributed by atoms with Crippen molar-refractivity contribution in [1.82, 2.24) is 0 Å². The quantitative estimate of drug-likeness (QED) is 0.446. The van der Waals surface area contributed by atoms with Crippen LogP contribution >= 0.6 is 0 Å². The molecule has 0 saturated heterocycles. The van der Waals surface area contributed by atoms with E-state index < -0.39 is 0 Å². The van der Waals surface area contributed by atoms with Gasteiger partial charge in [0.2, 0.25) is 0 Å². The monoisotopic (exact) mass is 173 g/mol. The molecular formula is C12H15N. The Kier molecular flexibility index (Phi) is 6.16. The second kappa shape index (κ2) is 7.04. The molecule has 0 bridgehead atoms. The lowest BCUT2D eigenvalue weighted by atomic mass is 10.1. The van der Waals surface area contributed by atoms with E-state index in [2.05, 4.69) is 24.7 Å². The third-order valence-corrected chi connectivity index (χ3v) is 1.44. The summed E-state index contributed by atoms with van der Waals surface area (Å²) in [6, 6.07) is 0. The maximum atomic E-state index is 3.94. The minimum absolute atomic E-state index is 1.01. The minimum atomic E-state index is 1.01. The molecule has 0 spiro atoms. The zero-order valence-electron chi connectivity index (χ0n) is 8.03. The Balaban J connectivity index is 4.80. The number of nitrogens with zero attached hydrogens (tertiary/aromatic N) is 1. The molecule has 0 heterocycles. The Morgan fingerprint density at radius 2 is 1.69 bits per heavy atom. The van der Waals surface area contributed by atoms with Gasteiger partial charge in [0.15, 0.2) is 0 Å². The summed E-state index contributed by atoms with van der Waals surface area (Å²) in [5.41, 5.74) is 2.11. The van der Waals surface area contributed by atoms with Gasteiger partial charge in [0.1, 0.15) is 0 Å². The van der Waals surface area contributed by atoms with Crippen molar-refractivity contribution in [3.63, 3.8) is 0 Å². The van der Waals surface area contributed by atoms with Crippen molar-refractivity contribution in [3.05, 3.63) is 61.4 Å². The first-order valence-electron chi connectivity index (χ1n) is 4.02. The molecule has 0 amide bonds. The Morgan fingerprint density at radius 1 is 1.08 bits per heavy atom. The van der Waals surface area contributed by atoms with Crippen molar-refractivity contribution in [2.45, 2.75) is 6.92 Å². The van der Waals surface area contributed by atoms with E-state index in [1.54, 1.807) is 18.4 Å². The van der Waals surface area contributed by atoms with Gasteiger partial charge in [-0.3, -0.25) is 4.99 Å². The van der Waals surface area contributed by atoms with E-state index in [4.69, 9.17) is 0 Å². The summed E-state index contributed by atoms with van der Waals surface area (Å²) >= 11 is 0. The van der Waals surface area contributed by atoms with Crippen molar-refractivity contribution in [2.24, 2.45) is 4.99 Å². The molecule has 0 aliphatic heterocycles. The van der Waals surface area contributed by atoms with Gasteiger partial charge in [-0.25, -0.2) is 0 Å². The van der Waals surface area contributed by atoms with E-state index in [0.717, 1.165) is 11.1 Å².